The SMILES string of the molecule is CC(ON=C(C(=O)NC1C(=O)N2CC(CSc3nnnn3CCCN)(C(=O)O)CS[C@H]12)c1nsc(N)n1)C(=O)OCc1ccccc1. The molecule has 47 heavy (non-hydrogen) atoms. The van der Waals surface area contributed by atoms with Gasteiger partial charge in [-0.2, -0.15) is 9.36 Å². The van der Waals surface area contributed by atoms with Crippen molar-refractivity contribution in [3.63, 3.8) is 0 Å². The minimum Gasteiger partial charge on any atom is -0.481 e. The summed E-state index contributed by atoms with van der Waals surface area (Å²) in [6.07, 6.45) is -0.542. The summed E-state index contributed by atoms with van der Waals surface area (Å²) >= 11 is 3.24. The third-order valence-corrected chi connectivity index (χ3v) is 10.5. The molecule has 2 aliphatic heterocycles. The first-order valence-electron chi connectivity index (χ1n) is 14.2. The molecule has 2 saturated heterocycles. The number of carboxylic acid groups (broad SMARTS) is 1. The molecule has 2 amide bonds. The predicted molar refractivity (Wildman–Crippen MR) is 170 cm³/mol. The van der Waals surface area contributed by atoms with Gasteiger partial charge in [-0.1, -0.05) is 47.2 Å². The molecule has 2 fully saturated rings. The summed E-state index contributed by atoms with van der Waals surface area (Å²) in [4.78, 5) is 62.3. The molecule has 0 bridgehead atoms. The van der Waals surface area contributed by atoms with Crippen LogP contribution in [0.2, 0.25) is 0 Å². The molecule has 1 aromatic carbocycles. The number of oxime groups is 1. The van der Waals surface area contributed by atoms with Gasteiger partial charge in [-0.15, -0.1) is 16.9 Å². The van der Waals surface area contributed by atoms with E-state index in [0.717, 1.165) is 17.1 Å². The number of aromatic nitrogens is 6. The number of amides is 2. The summed E-state index contributed by atoms with van der Waals surface area (Å²) in [5, 5.41) is 28.2. The number of fused-ring (bicyclic) bond motifs is 1. The van der Waals surface area contributed by atoms with Crippen LogP contribution in [0.25, 0.3) is 0 Å². The Hall–Kier alpha value is -4.34. The van der Waals surface area contributed by atoms with Gasteiger partial charge in [-0.05, 0) is 35.9 Å². The highest BCUT2D eigenvalue weighted by atomic mass is 32.2. The van der Waals surface area contributed by atoms with Crippen molar-refractivity contribution >= 4 is 69.7 Å². The number of thioether (sulfide) groups is 2. The van der Waals surface area contributed by atoms with Crippen molar-refractivity contribution in [2.24, 2.45) is 16.3 Å². The smallest absolute Gasteiger partial charge is 0.350 e. The van der Waals surface area contributed by atoms with Crippen molar-refractivity contribution in [1.82, 2.24) is 39.8 Å². The number of carboxylic acids is 1. The number of carbonyl (C=O) groups is 4. The molecule has 250 valence electrons. The topological polar surface area (TPSA) is 256 Å². The Bertz CT molecular complexity index is 1640. The highest BCUT2D eigenvalue weighted by Gasteiger charge is 2.57. The van der Waals surface area contributed by atoms with Crippen LogP contribution < -0.4 is 16.8 Å². The van der Waals surface area contributed by atoms with E-state index in [1.165, 1.54) is 35.3 Å². The number of aliphatic carboxylic acids is 1. The number of tetrazole rings is 1. The molecule has 4 heterocycles. The first-order valence-corrected chi connectivity index (χ1v) is 17.0. The summed E-state index contributed by atoms with van der Waals surface area (Å²) in [5.74, 6) is -2.99. The number of anilines is 1. The first kappa shape index (κ1) is 34.0. The standard InChI is InChI=1S/C26H31N11O7S3/c1-14(22(40)43-10-15-6-3-2-4-7-15)44-32-16(18-30-24(28)47-33-18)19(38)29-17-20(39)36-11-26(23(41)42,12-45-21(17)36)13-46-25-31-34-35-37(25)9-5-8-27/h2-4,6-7,14,17,21H,5,8-13,27H2,1H3,(H,29,38)(H,41,42)(H2,28,30,33)/t14?,17?,21-,26?/m1/s1. The number of hydrogen-bond acceptors (Lipinski definition) is 17. The van der Waals surface area contributed by atoms with Crippen molar-refractivity contribution in [2.75, 3.05) is 30.3 Å². The molecule has 0 spiro atoms. The van der Waals surface area contributed by atoms with Crippen LogP contribution in [0, 0.1) is 5.41 Å². The van der Waals surface area contributed by atoms with E-state index in [9.17, 15) is 24.3 Å². The summed E-state index contributed by atoms with van der Waals surface area (Å²) in [6.45, 7) is 2.29. The van der Waals surface area contributed by atoms with Gasteiger partial charge in [0.2, 0.25) is 28.7 Å². The van der Waals surface area contributed by atoms with Gasteiger partial charge in [0.25, 0.3) is 5.91 Å². The summed E-state index contributed by atoms with van der Waals surface area (Å²) in [6, 6.07) is 8.06. The van der Waals surface area contributed by atoms with Crippen molar-refractivity contribution in [3.05, 3.63) is 41.7 Å². The van der Waals surface area contributed by atoms with Crippen LogP contribution in [0.3, 0.4) is 0 Å². The predicted octanol–water partition coefficient (Wildman–Crippen LogP) is -0.429. The molecular weight excluding hydrogens is 675 g/mol. The van der Waals surface area contributed by atoms with E-state index in [0.29, 0.717) is 24.7 Å². The molecule has 3 aromatic rings. The fourth-order valence-corrected chi connectivity index (χ4v) is 7.73. The highest BCUT2D eigenvalue weighted by molar-refractivity contribution is 8.00. The van der Waals surface area contributed by atoms with E-state index in [1.54, 1.807) is 16.8 Å². The second-order valence-corrected chi connectivity index (χ2v) is 13.4. The largest absolute Gasteiger partial charge is 0.481 e. The van der Waals surface area contributed by atoms with E-state index in [4.69, 9.17) is 21.0 Å². The minimum atomic E-state index is -1.28. The number of esters is 1. The van der Waals surface area contributed by atoms with E-state index in [2.05, 4.69) is 35.4 Å². The number of hydrogen-bond donors (Lipinski definition) is 4. The van der Waals surface area contributed by atoms with Gasteiger partial charge in [-0.25, -0.2) is 9.48 Å². The third-order valence-electron chi connectivity index (χ3n) is 7.16. The molecule has 0 saturated carbocycles. The van der Waals surface area contributed by atoms with Crippen LogP contribution in [-0.4, -0.2) is 111 Å². The van der Waals surface area contributed by atoms with Crippen molar-refractivity contribution < 1.29 is 33.9 Å². The molecule has 21 heteroatoms. The zero-order chi connectivity index (χ0) is 33.6. The molecule has 2 aliphatic rings. The molecule has 5 rings (SSSR count). The average Bonchev–Trinajstić information content (AvgIpc) is 3.72. The Morgan fingerprint density at radius 1 is 1.30 bits per heavy atom. The fraction of sp³-hybridized carbons (Fsp3) is 0.462. The van der Waals surface area contributed by atoms with Crippen LogP contribution in [0.5, 0.6) is 0 Å². The molecule has 3 unspecified atom stereocenters. The molecular formula is C26H31N11O7S3. The van der Waals surface area contributed by atoms with E-state index >= 15 is 0 Å². The second kappa shape index (κ2) is 15.0. The number of rotatable bonds is 15. The molecule has 6 N–H and O–H groups in total. The molecule has 4 atom stereocenters. The summed E-state index contributed by atoms with van der Waals surface area (Å²) < 4.78 is 10.8. The number of carbonyl (C=O) groups excluding carboxylic acids is 3. The summed E-state index contributed by atoms with van der Waals surface area (Å²) in [7, 11) is 0. The number of nitrogens with zero attached hydrogens (tertiary/aromatic N) is 8. The van der Waals surface area contributed by atoms with Gasteiger partial charge in [0.15, 0.2) is 5.13 Å². The Kier molecular flexibility index (Phi) is 10.9. The van der Waals surface area contributed by atoms with Gasteiger partial charge in [0.05, 0.1) is 0 Å². The first-order chi connectivity index (χ1) is 22.6. The van der Waals surface area contributed by atoms with Gasteiger partial charge in [-0.3, -0.25) is 14.4 Å². The Morgan fingerprint density at radius 3 is 2.79 bits per heavy atom. The number of nitrogens with one attached hydrogen (secondary N) is 1. The molecule has 2 aromatic heterocycles. The maximum absolute atomic E-state index is 13.4. The lowest BCUT2D eigenvalue weighted by Gasteiger charge is -2.53. The quantitative estimate of drug-likeness (QED) is 0.0514. The van der Waals surface area contributed by atoms with Gasteiger partial charge in [0.1, 0.15) is 23.4 Å². The van der Waals surface area contributed by atoms with Gasteiger partial charge in [0, 0.05) is 36.1 Å². The third kappa shape index (κ3) is 7.80. The molecule has 0 radical (unpaired) electrons. The lowest BCUT2D eigenvalue weighted by atomic mass is 9.89. The number of nitrogens with two attached hydrogens (primary N) is 2. The van der Waals surface area contributed by atoms with Crippen LogP contribution in [0.4, 0.5) is 5.13 Å². The monoisotopic (exact) mass is 705 g/mol. The Morgan fingerprint density at radius 2 is 2.09 bits per heavy atom. The van der Waals surface area contributed by atoms with Crippen molar-refractivity contribution in [3.8, 4) is 0 Å². The van der Waals surface area contributed by atoms with E-state index < -0.39 is 52.4 Å². The van der Waals surface area contributed by atoms with Crippen molar-refractivity contribution in [2.45, 2.75) is 49.2 Å². The Balaban J connectivity index is 1.21. The maximum atomic E-state index is 13.4. The van der Waals surface area contributed by atoms with Gasteiger partial charge >= 0.3 is 11.9 Å². The van der Waals surface area contributed by atoms with Crippen LogP contribution in [-0.2, 0) is 41.9 Å². The number of β-lactam (4-membered cyclic amide) rings is 1. The number of nitrogen functional groups attached to an aromatic ring is 1. The maximum Gasteiger partial charge on any atom is 0.350 e. The molecule has 18 nitrogen and oxygen atoms in total. The Labute approximate surface area is 280 Å². The lowest BCUT2D eigenvalue weighted by Crippen LogP contribution is -2.74. The highest BCUT2D eigenvalue weighted by Crippen LogP contribution is 2.44. The summed E-state index contributed by atoms with van der Waals surface area (Å²) in [5.41, 5.74) is 10.4. The van der Waals surface area contributed by atoms with E-state index in [-0.39, 0.29) is 35.6 Å². The van der Waals surface area contributed by atoms with Gasteiger partial charge < -0.3 is 36.4 Å². The average molecular weight is 706 g/mol. The minimum absolute atomic E-state index is 0.0173. The zero-order valence-electron chi connectivity index (χ0n) is 24.9. The van der Waals surface area contributed by atoms with Crippen LogP contribution >= 0.6 is 35.1 Å². The number of ether oxygens (including phenoxy) is 1. The fourth-order valence-electron chi connectivity index (χ4n) is 4.54. The lowest BCUT2D eigenvalue weighted by molar-refractivity contribution is -0.157. The second-order valence-electron chi connectivity index (χ2n) is 10.6. The number of aryl methyl sites for hydroxylation is 1. The zero-order valence-corrected chi connectivity index (χ0v) is 27.4. The van der Waals surface area contributed by atoms with E-state index in [1.807, 2.05) is 18.2 Å². The van der Waals surface area contributed by atoms with Crippen LogP contribution in [0.15, 0.2) is 40.6 Å². The molecule has 0 aliphatic carbocycles. The van der Waals surface area contributed by atoms with Crippen LogP contribution in [0.1, 0.15) is 24.7 Å². The normalized spacial score (nSPS) is 21.4. The van der Waals surface area contributed by atoms with Crippen molar-refractivity contribution in [1.29, 1.82) is 0 Å². The number of benzene rings is 1.